The molecule has 0 spiro atoms. The lowest BCUT2D eigenvalue weighted by Crippen LogP contribution is -2.47. The van der Waals surface area contributed by atoms with Crippen molar-refractivity contribution in [3.63, 3.8) is 0 Å². The number of para-hydroxylation sites is 1. The molecule has 1 aromatic carbocycles. The monoisotopic (exact) mass is 298 g/mol. The molecule has 0 aliphatic carbocycles. The van der Waals surface area contributed by atoms with Crippen LogP contribution in [0.5, 0.6) is 5.75 Å². The average Bonchev–Trinajstić information content (AvgIpc) is 2.38. The van der Waals surface area contributed by atoms with Crippen LogP contribution in [0.15, 0.2) is 30.3 Å². The maximum Gasteiger partial charge on any atom is 0.294 e. The molecule has 2 N–H and O–H groups in total. The van der Waals surface area contributed by atoms with Crippen LogP contribution in [0.3, 0.4) is 0 Å². The fourth-order valence-corrected chi connectivity index (χ4v) is 1.78. The van der Waals surface area contributed by atoms with Crippen molar-refractivity contribution < 1.29 is 19.8 Å². The van der Waals surface area contributed by atoms with Gasteiger partial charge in [0.2, 0.25) is 0 Å². The molecular weight excluding hydrogens is 276 g/mol. The average molecular weight is 298 g/mol. The number of hydrogen-bond acceptors (Lipinski definition) is 6. The maximum atomic E-state index is 10.1. The Kier molecular flexibility index (Phi) is 6.90. The van der Waals surface area contributed by atoms with E-state index in [1.807, 2.05) is 44.2 Å². The molecule has 0 bridgehead atoms. The molecule has 118 valence electrons. The number of nitrogens with one attached hydrogen (secondary N) is 1. The Hall–Kier alpha value is -1.86. The topological polar surface area (TPSA) is 93.9 Å². The van der Waals surface area contributed by atoms with E-state index < -0.39 is 16.9 Å². The Morgan fingerprint density at radius 1 is 1.33 bits per heavy atom. The zero-order valence-corrected chi connectivity index (χ0v) is 12.3. The molecule has 0 saturated carbocycles. The molecule has 0 radical (unpaired) electrons. The highest BCUT2D eigenvalue weighted by Gasteiger charge is 2.21. The highest BCUT2D eigenvalue weighted by molar-refractivity contribution is 5.20. The fraction of sp³-hybridized carbons (Fsp3) is 0.571. The van der Waals surface area contributed by atoms with Crippen LogP contribution in [0.25, 0.3) is 0 Å². The standard InChI is InChI=1S/C14H22N2O5/c1-14(2,9-11-21-16(18)19)15-13(17)8-10-20-12-6-4-3-5-7-12/h3-7,13,15,17H,8-11H2,1-2H3. The Balaban J connectivity index is 2.22. The van der Waals surface area contributed by atoms with Crippen LogP contribution < -0.4 is 10.1 Å². The third kappa shape index (κ3) is 8.11. The molecule has 7 heteroatoms. The van der Waals surface area contributed by atoms with E-state index in [9.17, 15) is 15.2 Å². The summed E-state index contributed by atoms with van der Waals surface area (Å²) >= 11 is 0. The molecule has 0 heterocycles. The summed E-state index contributed by atoms with van der Waals surface area (Å²) in [6.07, 6.45) is 0.0678. The lowest BCUT2D eigenvalue weighted by Gasteiger charge is -2.29. The molecule has 0 aromatic heterocycles. The van der Waals surface area contributed by atoms with Gasteiger partial charge in [-0.25, -0.2) is 0 Å². The molecule has 0 aliphatic rings. The Labute approximate surface area is 124 Å². The van der Waals surface area contributed by atoms with Gasteiger partial charge in [0.15, 0.2) is 0 Å². The third-order valence-corrected chi connectivity index (χ3v) is 2.88. The molecule has 1 rings (SSSR count). The van der Waals surface area contributed by atoms with E-state index in [0.29, 0.717) is 19.4 Å². The molecule has 0 fully saturated rings. The number of aliphatic hydroxyl groups excluding tert-OH is 1. The molecule has 0 amide bonds. The predicted octanol–water partition coefficient (Wildman–Crippen LogP) is 1.74. The molecule has 1 atom stereocenters. The first-order chi connectivity index (χ1) is 9.89. The lowest BCUT2D eigenvalue weighted by molar-refractivity contribution is -0.758. The van der Waals surface area contributed by atoms with Crippen LogP contribution in [0.4, 0.5) is 0 Å². The smallest absolute Gasteiger partial charge is 0.294 e. The van der Waals surface area contributed by atoms with Gasteiger partial charge in [0.1, 0.15) is 12.0 Å². The molecular formula is C14H22N2O5. The highest BCUT2D eigenvalue weighted by Crippen LogP contribution is 2.12. The number of aliphatic hydroxyl groups is 1. The number of nitrogens with zero attached hydrogens (tertiary/aromatic N) is 1. The normalized spacial score (nSPS) is 12.7. The van der Waals surface area contributed by atoms with E-state index >= 15 is 0 Å². The minimum Gasteiger partial charge on any atom is -0.493 e. The molecule has 7 nitrogen and oxygen atoms in total. The Morgan fingerprint density at radius 2 is 2.00 bits per heavy atom. The van der Waals surface area contributed by atoms with Crippen LogP contribution in [-0.2, 0) is 4.84 Å². The molecule has 0 aliphatic heterocycles. The first-order valence-electron chi connectivity index (χ1n) is 6.80. The van der Waals surface area contributed by atoms with Gasteiger partial charge in [-0.05, 0) is 32.4 Å². The van der Waals surface area contributed by atoms with Crippen LogP contribution >= 0.6 is 0 Å². The quantitative estimate of drug-likeness (QED) is 0.388. The first kappa shape index (κ1) is 17.2. The van der Waals surface area contributed by atoms with Crippen LogP contribution in [-0.4, -0.2) is 35.2 Å². The number of benzene rings is 1. The lowest BCUT2D eigenvalue weighted by atomic mass is 10.0. The summed E-state index contributed by atoms with van der Waals surface area (Å²) in [4.78, 5) is 14.4. The van der Waals surface area contributed by atoms with Gasteiger partial charge in [0, 0.05) is 12.0 Å². The number of rotatable bonds is 10. The van der Waals surface area contributed by atoms with Crippen molar-refractivity contribution in [3.8, 4) is 5.75 Å². The largest absolute Gasteiger partial charge is 0.493 e. The van der Waals surface area contributed by atoms with Crippen LogP contribution in [0, 0.1) is 10.1 Å². The van der Waals surface area contributed by atoms with Gasteiger partial charge < -0.3 is 14.7 Å². The van der Waals surface area contributed by atoms with E-state index in [0.717, 1.165) is 5.75 Å². The van der Waals surface area contributed by atoms with Gasteiger partial charge in [0.05, 0.1) is 13.2 Å². The predicted molar refractivity (Wildman–Crippen MR) is 77.3 cm³/mol. The third-order valence-electron chi connectivity index (χ3n) is 2.88. The number of hydrogen-bond donors (Lipinski definition) is 2. The van der Waals surface area contributed by atoms with Gasteiger partial charge >= 0.3 is 0 Å². The van der Waals surface area contributed by atoms with E-state index in [1.165, 1.54) is 0 Å². The SMILES string of the molecule is CC(C)(CCO[N+](=O)[O-])NC(O)CCOc1ccccc1. The second-order valence-electron chi connectivity index (χ2n) is 5.30. The van der Waals surface area contributed by atoms with E-state index in [4.69, 9.17) is 4.74 Å². The number of ether oxygens (including phenoxy) is 1. The van der Waals surface area contributed by atoms with Crippen molar-refractivity contribution in [1.82, 2.24) is 5.32 Å². The van der Waals surface area contributed by atoms with Crippen molar-refractivity contribution in [2.24, 2.45) is 0 Å². The van der Waals surface area contributed by atoms with Crippen molar-refractivity contribution in [2.75, 3.05) is 13.2 Å². The molecule has 0 saturated heterocycles. The molecule has 1 unspecified atom stereocenters. The van der Waals surface area contributed by atoms with E-state index in [-0.39, 0.29) is 6.61 Å². The van der Waals surface area contributed by atoms with E-state index in [1.54, 1.807) is 0 Å². The summed E-state index contributed by atoms with van der Waals surface area (Å²) < 4.78 is 5.49. The summed E-state index contributed by atoms with van der Waals surface area (Å²) in [6, 6.07) is 9.35. The van der Waals surface area contributed by atoms with E-state index in [2.05, 4.69) is 10.2 Å². The van der Waals surface area contributed by atoms with Crippen LogP contribution in [0.2, 0.25) is 0 Å². The van der Waals surface area contributed by atoms with Gasteiger partial charge in [-0.3, -0.25) is 5.32 Å². The van der Waals surface area contributed by atoms with Crippen LogP contribution in [0.1, 0.15) is 26.7 Å². The van der Waals surface area contributed by atoms with Crippen molar-refractivity contribution >= 4 is 0 Å². The minimum absolute atomic E-state index is 0.0137. The Morgan fingerprint density at radius 3 is 2.62 bits per heavy atom. The van der Waals surface area contributed by atoms with Gasteiger partial charge in [-0.1, -0.05) is 18.2 Å². The summed E-state index contributed by atoms with van der Waals surface area (Å²) in [7, 11) is 0. The Bertz CT molecular complexity index is 425. The van der Waals surface area contributed by atoms with Crippen molar-refractivity contribution in [3.05, 3.63) is 40.4 Å². The van der Waals surface area contributed by atoms with Gasteiger partial charge in [0.25, 0.3) is 5.09 Å². The molecule has 1 aromatic rings. The van der Waals surface area contributed by atoms with Crippen molar-refractivity contribution in [2.45, 2.75) is 38.5 Å². The maximum absolute atomic E-state index is 10.1. The minimum atomic E-state index is -0.819. The second kappa shape index (κ2) is 8.43. The first-order valence-corrected chi connectivity index (χ1v) is 6.80. The summed E-state index contributed by atoms with van der Waals surface area (Å²) in [5.41, 5.74) is -0.470. The van der Waals surface area contributed by atoms with Gasteiger partial charge in [-0.15, -0.1) is 10.1 Å². The zero-order chi connectivity index (χ0) is 15.7. The second-order valence-corrected chi connectivity index (χ2v) is 5.30. The summed E-state index contributed by atoms with van der Waals surface area (Å²) in [6.45, 7) is 4.05. The summed E-state index contributed by atoms with van der Waals surface area (Å²) in [5.74, 6) is 0.753. The van der Waals surface area contributed by atoms with Gasteiger partial charge in [-0.2, -0.15) is 0 Å². The fourth-order valence-electron chi connectivity index (χ4n) is 1.78. The zero-order valence-electron chi connectivity index (χ0n) is 12.3. The molecule has 21 heavy (non-hydrogen) atoms. The highest BCUT2D eigenvalue weighted by atomic mass is 16.9. The summed E-state index contributed by atoms with van der Waals surface area (Å²) in [5, 5.41) is 22.2. The van der Waals surface area contributed by atoms with Crippen molar-refractivity contribution in [1.29, 1.82) is 0 Å².